The predicted molar refractivity (Wildman–Crippen MR) is 97.2 cm³/mol. The minimum absolute atomic E-state index is 0.326. The van der Waals surface area contributed by atoms with Crippen LogP contribution >= 0.6 is 11.6 Å². The van der Waals surface area contributed by atoms with Crippen LogP contribution in [0.2, 0.25) is 5.02 Å². The molecule has 0 aromatic heterocycles. The molecule has 0 bridgehead atoms. The van der Waals surface area contributed by atoms with Gasteiger partial charge in [-0.25, -0.2) is 0 Å². The second-order valence-electron chi connectivity index (χ2n) is 5.68. The zero-order valence-corrected chi connectivity index (χ0v) is 15.3. The summed E-state index contributed by atoms with van der Waals surface area (Å²) in [5, 5.41) is 0.668. The van der Waals surface area contributed by atoms with Crippen molar-refractivity contribution >= 4 is 17.6 Å². The molecular formula is C19H22ClNO4. The third-order valence-corrected chi connectivity index (χ3v) is 4.06. The van der Waals surface area contributed by atoms with Crippen molar-refractivity contribution < 1.29 is 19.0 Å². The topological polar surface area (TPSA) is 70.8 Å². The Morgan fingerprint density at radius 2 is 1.88 bits per heavy atom. The Balaban J connectivity index is 2.15. The summed E-state index contributed by atoms with van der Waals surface area (Å²) in [5.74, 6) is 1.02. The van der Waals surface area contributed by atoms with E-state index in [-0.39, 0.29) is 0 Å². The van der Waals surface area contributed by atoms with E-state index in [2.05, 4.69) is 4.74 Å². The maximum Gasteiger partial charge on any atom is 0.322 e. The van der Waals surface area contributed by atoms with Crippen LogP contribution in [0.4, 0.5) is 0 Å². The van der Waals surface area contributed by atoms with E-state index < -0.39 is 12.0 Å². The second-order valence-corrected chi connectivity index (χ2v) is 6.11. The van der Waals surface area contributed by atoms with Crippen LogP contribution in [0, 0.1) is 6.92 Å². The molecule has 1 unspecified atom stereocenters. The highest BCUT2D eigenvalue weighted by Crippen LogP contribution is 2.26. The molecule has 0 amide bonds. The Morgan fingerprint density at radius 1 is 1.16 bits per heavy atom. The summed E-state index contributed by atoms with van der Waals surface area (Å²) >= 11 is 5.96. The van der Waals surface area contributed by atoms with Gasteiger partial charge >= 0.3 is 5.97 Å². The molecule has 0 radical (unpaired) electrons. The zero-order chi connectivity index (χ0) is 18.4. The Bertz CT molecular complexity index is 748. The van der Waals surface area contributed by atoms with Crippen molar-refractivity contribution in [2.24, 2.45) is 5.73 Å². The normalized spacial score (nSPS) is 11.7. The van der Waals surface area contributed by atoms with Crippen LogP contribution in [0.5, 0.6) is 11.5 Å². The SMILES string of the molecule is COC(=O)C(N)Cc1ccc(OC)c(COc2ccc(Cl)cc2C)c1. The summed E-state index contributed by atoms with van der Waals surface area (Å²) in [6.07, 6.45) is 0.379. The summed E-state index contributed by atoms with van der Waals surface area (Å²) in [7, 11) is 2.93. The van der Waals surface area contributed by atoms with E-state index in [4.69, 9.17) is 26.8 Å². The van der Waals surface area contributed by atoms with Gasteiger partial charge in [0, 0.05) is 10.6 Å². The Morgan fingerprint density at radius 3 is 2.52 bits per heavy atom. The quantitative estimate of drug-likeness (QED) is 0.764. The molecular weight excluding hydrogens is 342 g/mol. The predicted octanol–water partition coefficient (Wildman–Crippen LogP) is 3.28. The molecule has 25 heavy (non-hydrogen) atoms. The number of methoxy groups -OCH3 is 2. The molecule has 134 valence electrons. The smallest absolute Gasteiger partial charge is 0.322 e. The third-order valence-electron chi connectivity index (χ3n) is 3.82. The highest BCUT2D eigenvalue weighted by molar-refractivity contribution is 6.30. The lowest BCUT2D eigenvalue weighted by Gasteiger charge is -2.15. The van der Waals surface area contributed by atoms with E-state index in [0.717, 1.165) is 22.4 Å². The first-order valence-electron chi connectivity index (χ1n) is 7.82. The minimum Gasteiger partial charge on any atom is -0.496 e. The maximum atomic E-state index is 11.5. The van der Waals surface area contributed by atoms with Gasteiger partial charge < -0.3 is 19.9 Å². The van der Waals surface area contributed by atoms with E-state index in [1.807, 2.05) is 37.3 Å². The second kappa shape index (κ2) is 8.74. The molecule has 0 aliphatic carbocycles. The summed E-state index contributed by atoms with van der Waals surface area (Å²) in [6, 6.07) is 10.4. The number of hydrogen-bond donors (Lipinski definition) is 1. The summed E-state index contributed by atoms with van der Waals surface area (Å²) in [5.41, 5.74) is 8.56. The molecule has 2 aromatic carbocycles. The average molecular weight is 364 g/mol. The van der Waals surface area contributed by atoms with Gasteiger partial charge in [-0.15, -0.1) is 0 Å². The number of halogens is 1. The van der Waals surface area contributed by atoms with Crippen molar-refractivity contribution in [1.82, 2.24) is 0 Å². The highest BCUT2D eigenvalue weighted by atomic mass is 35.5. The Kier molecular flexibility index (Phi) is 6.67. The number of rotatable bonds is 7. The molecule has 6 heteroatoms. The van der Waals surface area contributed by atoms with E-state index in [1.54, 1.807) is 13.2 Å². The van der Waals surface area contributed by atoms with E-state index >= 15 is 0 Å². The average Bonchev–Trinajstić information content (AvgIpc) is 2.60. The molecule has 0 aliphatic heterocycles. The van der Waals surface area contributed by atoms with Gasteiger partial charge in [-0.05, 0) is 54.8 Å². The number of nitrogens with two attached hydrogens (primary N) is 1. The van der Waals surface area contributed by atoms with E-state index in [1.165, 1.54) is 7.11 Å². The first-order chi connectivity index (χ1) is 11.9. The van der Waals surface area contributed by atoms with Crippen molar-refractivity contribution in [3.8, 4) is 11.5 Å². The van der Waals surface area contributed by atoms with Gasteiger partial charge in [0.25, 0.3) is 0 Å². The molecule has 0 spiro atoms. The molecule has 2 aromatic rings. The van der Waals surface area contributed by atoms with Gasteiger partial charge in [0.05, 0.1) is 14.2 Å². The first kappa shape index (κ1) is 19.1. The number of hydrogen-bond acceptors (Lipinski definition) is 5. The summed E-state index contributed by atoms with van der Waals surface area (Å²) < 4.78 is 15.9. The fourth-order valence-electron chi connectivity index (χ4n) is 2.49. The van der Waals surface area contributed by atoms with Crippen LogP contribution < -0.4 is 15.2 Å². The number of aryl methyl sites for hydroxylation is 1. The highest BCUT2D eigenvalue weighted by Gasteiger charge is 2.15. The molecule has 2 rings (SSSR count). The summed E-state index contributed by atoms with van der Waals surface area (Å²) in [6.45, 7) is 2.26. The number of esters is 1. The molecule has 0 saturated heterocycles. The van der Waals surface area contributed by atoms with Crippen LogP contribution in [0.3, 0.4) is 0 Å². The first-order valence-corrected chi connectivity index (χ1v) is 8.20. The van der Waals surface area contributed by atoms with Gasteiger partial charge in [0.1, 0.15) is 24.1 Å². The van der Waals surface area contributed by atoms with Crippen molar-refractivity contribution in [2.45, 2.75) is 26.0 Å². The lowest BCUT2D eigenvalue weighted by Crippen LogP contribution is -2.33. The van der Waals surface area contributed by atoms with E-state index in [0.29, 0.717) is 23.8 Å². The van der Waals surface area contributed by atoms with Crippen LogP contribution in [-0.4, -0.2) is 26.2 Å². The number of benzene rings is 2. The van der Waals surface area contributed by atoms with Gasteiger partial charge in [0.2, 0.25) is 0 Å². The molecule has 2 N–H and O–H groups in total. The fraction of sp³-hybridized carbons (Fsp3) is 0.316. The van der Waals surface area contributed by atoms with Gasteiger partial charge in [0.15, 0.2) is 0 Å². The van der Waals surface area contributed by atoms with Crippen molar-refractivity contribution in [1.29, 1.82) is 0 Å². The fourth-order valence-corrected chi connectivity index (χ4v) is 2.72. The lowest BCUT2D eigenvalue weighted by molar-refractivity contribution is -0.142. The van der Waals surface area contributed by atoms with Gasteiger partial charge in [-0.1, -0.05) is 17.7 Å². The lowest BCUT2D eigenvalue weighted by atomic mass is 10.0. The number of carbonyl (C=O) groups is 1. The standard InChI is InChI=1S/C19H22ClNO4/c1-12-8-15(20)5-7-17(12)25-11-14-9-13(4-6-18(14)23-2)10-16(21)19(22)24-3/h4-9,16H,10-11,21H2,1-3H3. The maximum absolute atomic E-state index is 11.5. The molecule has 0 fully saturated rings. The van der Waals surface area contributed by atoms with Gasteiger partial charge in [-0.3, -0.25) is 4.79 Å². The van der Waals surface area contributed by atoms with Crippen molar-refractivity contribution in [3.63, 3.8) is 0 Å². The molecule has 5 nitrogen and oxygen atoms in total. The minimum atomic E-state index is -0.703. The number of ether oxygens (including phenoxy) is 3. The molecule has 0 aliphatic rings. The van der Waals surface area contributed by atoms with Gasteiger partial charge in [-0.2, -0.15) is 0 Å². The largest absolute Gasteiger partial charge is 0.496 e. The van der Waals surface area contributed by atoms with Crippen LogP contribution in [0.1, 0.15) is 16.7 Å². The molecule has 0 heterocycles. The van der Waals surface area contributed by atoms with Crippen molar-refractivity contribution in [2.75, 3.05) is 14.2 Å². The van der Waals surface area contributed by atoms with Crippen LogP contribution in [0.25, 0.3) is 0 Å². The molecule has 0 saturated carbocycles. The molecule has 1 atom stereocenters. The van der Waals surface area contributed by atoms with Crippen LogP contribution in [-0.2, 0) is 22.6 Å². The monoisotopic (exact) mass is 363 g/mol. The third kappa shape index (κ3) is 5.11. The Hall–Kier alpha value is -2.24. The number of carbonyl (C=O) groups excluding carboxylic acids is 1. The van der Waals surface area contributed by atoms with Crippen LogP contribution in [0.15, 0.2) is 36.4 Å². The summed E-state index contributed by atoms with van der Waals surface area (Å²) in [4.78, 5) is 11.5. The zero-order valence-electron chi connectivity index (χ0n) is 14.5. The Labute approximate surface area is 152 Å². The van der Waals surface area contributed by atoms with Crippen molar-refractivity contribution in [3.05, 3.63) is 58.1 Å². The van der Waals surface area contributed by atoms with E-state index in [9.17, 15) is 4.79 Å².